The molecule has 0 radical (unpaired) electrons. The first-order chi connectivity index (χ1) is 11.6. The molecule has 0 saturated carbocycles. The standard InChI is InChI=1S/C17H19N3O3S/c21-17-19-15-8-4-5-9-16(15)20(17)12-11-18-24(22,23)13-10-14-6-2-1-3-7-14/h1-9,18H,10-13H2,(H,19,21). The van der Waals surface area contributed by atoms with Gasteiger partial charge in [0.2, 0.25) is 10.0 Å². The lowest BCUT2D eigenvalue weighted by Gasteiger charge is -2.08. The molecular formula is C17H19N3O3S. The number of para-hydroxylation sites is 2. The van der Waals surface area contributed by atoms with Crippen LogP contribution >= 0.6 is 0 Å². The number of hydrogen-bond acceptors (Lipinski definition) is 3. The fraction of sp³-hybridized carbons (Fsp3) is 0.235. The van der Waals surface area contributed by atoms with Crippen LogP contribution in [0.15, 0.2) is 59.4 Å². The van der Waals surface area contributed by atoms with Gasteiger partial charge in [-0.1, -0.05) is 42.5 Å². The van der Waals surface area contributed by atoms with E-state index in [1.807, 2.05) is 54.6 Å². The number of imidazole rings is 1. The molecule has 1 aromatic heterocycles. The van der Waals surface area contributed by atoms with Gasteiger partial charge in [-0.15, -0.1) is 0 Å². The predicted molar refractivity (Wildman–Crippen MR) is 94.5 cm³/mol. The summed E-state index contributed by atoms with van der Waals surface area (Å²) in [7, 11) is -3.37. The number of aromatic amines is 1. The molecule has 7 heteroatoms. The molecule has 0 bridgehead atoms. The van der Waals surface area contributed by atoms with Crippen molar-refractivity contribution in [2.24, 2.45) is 0 Å². The maximum Gasteiger partial charge on any atom is 0.326 e. The Bertz CT molecular complexity index is 975. The van der Waals surface area contributed by atoms with E-state index in [1.54, 1.807) is 0 Å². The SMILES string of the molecule is O=c1[nH]c2ccccc2n1CCNS(=O)(=O)CCc1ccccc1. The molecule has 0 fully saturated rings. The average molecular weight is 345 g/mol. The van der Waals surface area contributed by atoms with Gasteiger partial charge in [0.15, 0.2) is 0 Å². The van der Waals surface area contributed by atoms with Crippen LogP contribution in [0.2, 0.25) is 0 Å². The molecule has 0 saturated heterocycles. The van der Waals surface area contributed by atoms with Gasteiger partial charge in [-0.3, -0.25) is 4.57 Å². The predicted octanol–water partition coefficient (Wildman–Crippen LogP) is 1.49. The first-order valence-electron chi connectivity index (χ1n) is 7.74. The highest BCUT2D eigenvalue weighted by Crippen LogP contribution is 2.08. The Labute approximate surface area is 140 Å². The van der Waals surface area contributed by atoms with Gasteiger partial charge >= 0.3 is 5.69 Å². The van der Waals surface area contributed by atoms with Crippen molar-refractivity contribution in [3.8, 4) is 0 Å². The zero-order chi connectivity index (χ0) is 17.0. The molecule has 0 aliphatic rings. The Morgan fingerprint density at radius 1 is 1.00 bits per heavy atom. The summed E-state index contributed by atoms with van der Waals surface area (Å²) in [4.78, 5) is 14.7. The molecule has 0 aliphatic heterocycles. The van der Waals surface area contributed by atoms with Gasteiger partial charge in [0.05, 0.1) is 16.8 Å². The van der Waals surface area contributed by atoms with Gasteiger partial charge in [-0.05, 0) is 24.1 Å². The number of hydrogen-bond donors (Lipinski definition) is 2. The normalized spacial score (nSPS) is 11.8. The monoisotopic (exact) mass is 345 g/mol. The molecule has 6 nitrogen and oxygen atoms in total. The Kier molecular flexibility index (Phi) is 4.82. The highest BCUT2D eigenvalue weighted by molar-refractivity contribution is 7.89. The zero-order valence-electron chi connectivity index (χ0n) is 13.1. The molecule has 3 rings (SSSR count). The number of H-pyrrole nitrogens is 1. The van der Waals surface area contributed by atoms with Crippen molar-refractivity contribution in [1.82, 2.24) is 14.3 Å². The molecule has 0 spiro atoms. The highest BCUT2D eigenvalue weighted by Gasteiger charge is 2.11. The van der Waals surface area contributed by atoms with Crippen LogP contribution in [-0.2, 0) is 23.0 Å². The van der Waals surface area contributed by atoms with Gasteiger partial charge in [0.1, 0.15) is 0 Å². The van der Waals surface area contributed by atoms with Crippen LogP contribution in [0.1, 0.15) is 5.56 Å². The summed E-state index contributed by atoms with van der Waals surface area (Å²) in [6, 6.07) is 16.8. The van der Waals surface area contributed by atoms with Crippen molar-refractivity contribution in [2.45, 2.75) is 13.0 Å². The number of nitrogens with zero attached hydrogens (tertiary/aromatic N) is 1. The quantitative estimate of drug-likeness (QED) is 0.680. The van der Waals surface area contributed by atoms with E-state index in [0.29, 0.717) is 6.42 Å². The number of nitrogens with one attached hydrogen (secondary N) is 2. The molecule has 24 heavy (non-hydrogen) atoms. The minimum Gasteiger partial charge on any atom is -0.306 e. The maximum absolute atomic E-state index is 12.1. The summed E-state index contributed by atoms with van der Waals surface area (Å²) in [6.45, 7) is 0.465. The lowest BCUT2D eigenvalue weighted by atomic mass is 10.2. The fourth-order valence-electron chi connectivity index (χ4n) is 2.61. The smallest absolute Gasteiger partial charge is 0.306 e. The molecule has 0 unspecified atom stereocenters. The minimum absolute atomic E-state index is 0.0276. The second-order valence-corrected chi connectivity index (χ2v) is 7.47. The molecule has 3 aromatic rings. The van der Waals surface area contributed by atoms with Crippen molar-refractivity contribution in [1.29, 1.82) is 0 Å². The number of aryl methyl sites for hydroxylation is 1. The minimum atomic E-state index is -3.37. The van der Waals surface area contributed by atoms with E-state index in [-0.39, 0.29) is 24.5 Å². The second-order valence-electron chi connectivity index (χ2n) is 5.55. The molecule has 0 atom stereocenters. The number of sulfonamides is 1. The van der Waals surface area contributed by atoms with Gasteiger partial charge in [-0.2, -0.15) is 0 Å². The van der Waals surface area contributed by atoms with E-state index in [2.05, 4.69) is 9.71 Å². The van der Waals surface area contributed by atoms with Crippen LogP contribution in [0.4, 0.5) is 0 Å². The van der Waals surface area contributed by atoms with E-state index in [1.165, 1.54) is 4.57 Å². The third-order valence-corrected chi connectivity index (χ3v) is 5.23. The number of benzene rings is 2. The van der Waals surface area contributed by atoms with E-state index in [0.717, 1.165) is 16.6 Å². The van der Waals surface area contributed by atoms with Crippen LogP contribution in [0.5, 0.6) is 0 Å². The Hall–Kier alpha value is -2.38. The summed E-state index contributed by atoms with van der Waals surface area (Å²) < 4.78 is 28.2. The van der Waals surface area contributed by atoms with Crippen LogP contribution in [0.3, 0.4) is 0 Å². The van der Waals surface area contributed by atoms with E-state index in [9.17, 15) is 13.2 Å². The lowest BCUT2D eigenvalue weighted by Crippen LogP contribution is -2.32. The van der Waals surface area contributed by atoms with E-state index >= 15 is 0 Å². The number of fused-ring (bicyclic) bond motifs is 1. The topological polar surface area (TPSA) is 84.0 Å². The largest absolute Gasteiger partial charge is 0.326 e. The molecule has 2 N–H and O–H groups in total. The number of aromatic nitrogens is 2. The van der Waals surface area contributed by atoms with Crippen LogP contribution in [0.25, 0.3) is 11.0 Å². The van der Waals surface area contributed by atoms with Gasteiger partial charge in [-0.25, -0.2) is 17.9 Å². The van der Waals surface area contributed by atoms with Crippen LogP contribution in [-0.4, -0.2) is 30.3 Å². The first kappa shape index (κ1) is 16.5. The molecule has 0 aliphatic carbocycles. The summed E-state index contributed by atoms with van der Waals surface area (Å²) in [6.07, 6.45) is 0.462. The molecule has 1 heterocycles. The first-order valence-corrected chi connectivity index (χ1v) is 9.39. The van der Waals surface area contributed by atoms with Gasteiger partial charge in [0, 0.05) is 13.1 Å². The average Bonchev–Trinajstić information content (AvgIpc) is 2.90. The van der Waals surface area contributed by atoms with Gasteiger partial charge < -0.3 is 4.98 Å². The Balaban J connectivity index is 1.59. The summed E-state index contributed by atoms with van der Waals surface area (Å²) >= 11 is 0. The van der Waals surface area contributed by atoms with Crippen molar-refractivity contribution in [3.05, 3.63) is 70.6 Å². The third-order valence-electron chi connectivity index (χ3n) is 3.84. The molecule has 126 valence electrons. The van der Waals surface area contributed by atoms with Crippen molar-refractivity contribution < 1.29 is 8.42 Å². The summed E-state index contributed by atoms with van der Waals surface area (Å²) in [5, 5.41) is 0. The van der Waals surface area contributed by atoms with Crippen molar-refractivity contribution >= 4 is 21.1 Å². The van der Waals surface area contributed by atoms with Crippen molar-refractivity contribution in [2.75, 3.05) is 12.3 Å². The highest BCUT2D eigenvalue weighted by atomic mass is 32.2. The van der Waals surface area contributed by atoms with E-state index < -0.39 is 10.0 Å². The molecular weight excluding hydrogens is 326 g/mol. The summed E-state index contributed by atoms with van der Waals surface area (Å²) in [5.41, 5.74) is 2.26. The Morgan fingerprint density at radius 3 is 2.50 bits per heavy atom. The van der Waals surface area contributed by atoms with E-state index in [4.69, 9.17) is 0 Å². The van der Waals surface area contributed by atoms with Gasteiger partial charge in [0.25, 0.3) is 0 Å². The Morgan fingerprint density at radius 2 is 1.71 bits per heavy atom. The maximum atomic E-state index is 12.1. The third kappa shape index (κ3) is 3.93. The summed E-state index contributed by atoms with van der Waals surface area (Å²) in [5.74, 6) is 0.0276. The number of rotatable bonds is 7. The fourth-order valence-corrected chi connectivity index (χ4v) is 3.66. The molecule has 0 amide bonds. The lowest BCUT2D eigenvalue weighted by molar-refractivity contribution is 0.572. The second kappa shape index (κ2) is 7.02. The zero-order valence-corrected chi connectivity index (χ0v) is 13.9. The van der Waals surface area contributed by atoms with Crippen molar-refractivity contribution in [3.63, 3.8) is 0 Å². The van der Waals surface area contributed by atoms with Crippen LogP contribution in [0, 0.1) is 0 Å². The molecule has 2 aromatic carbocycles. The van der Waals surface area contributed by atoms with Crippen LogP contribution < -0.4 is 10.4 Å².